The van der Waals surface area contributed by atoms with E-state index in [1.54, 1.807) is 7.11 Å². The number of para-hydroxylation sites is 1. The molecule has 2 N–H and O–H groups in total. The van der Waals surface area contributed by atoms with Crippen LogP contribution in [0.2, 0.25) is 5.02 Å². The zero-order valence-electron chi connectivity index (χ0n) is 11.7. The first-order valence-corrected chi connectivity index (χ1v) is 7.29. The predicted octanol–water partition coefficient (Wildman–Crippen LogP) is 2.84. The average Bonchev–Trinajstić information content (AvgIpc) is 3.16. The Morgan fingerprint density at radius 2 is 2.21 bits per heavy atom. The van der Waals surface area contributed by atoms with Crippen LogP contribution < -0.4 is 10.6 Å². The maximum absolute atomic E-state index is 6.44. The molecule has 1 aromatic carbocycles. The normalized spacial score (nSPS) is 16.4. The fraction of sp³-hybridized carbons (Fsp3) is 0.600. The van der Waals surface area contributed by atoms with E-state index in [-0.39, 0.29) is 6.04 Å². The lowest BCUT2D eigenvalue weighted by Gasteiger charge is -2.28. The summed E-state index contributed by atoms with van der Waals surface area (Å²) in [7, 11) is 1.74. The molecule has 3 nitrogen and oxygen atoms in total. The standard InChI is InChI=1S/C15H23ClN2O/c1-11(17)10-12-4-3-5-14(16)15(12)18(8-9-19-2)13-6-7-13/h3-5,11,13H,6-10,17H2,1-2H3. The van der Waals surface area contributed by atoms with Crippen LogP contribution in [0.3, 0.4) is 0 Å². The van der Waals surface area contributed by atoms with Gasteiger partial charge in [-0.3, -0.25) is 0 Å². The van der Waals surface area contributed by atoms with Gasteiger partial charge in [0.05, 0.1) is 17.3 Å². The van der Waals surface area contributed by atoms with E-state index in [1.165, 1.54) is 18.4 Å². The van der Waals surface area contributed by atoms with Crippen molar-refractivity contribution in [3.8, 4) is 0 Å². The van der Waals surface area contributed by atoms with Crippen molar-refractivity contribution in [1.29, 1.82) is 0 Å². The largest absolute Gasteiger partial charge is 0.383 e. The van der Waals surface area contributed by atoms with Gasteiger partial charge in [-0.05, 0) is 37.8 Å². The Bertz CT molecular complexity index is 419. The van der Waals surface area contributed by atoms with Gasteiger partial charge in [0.25, 0.3) is 0 Å². The molecule has 0 radical (unpaired) electrons. The smallest absolute Gasteiger partial charge is 0.0642 e. The molecule has 106 valence electrons. The van der Waals surface area contributed by atoms with Gasteiger partial charge in [-0.2, -0.15) is 0 Å². The van der Waals surface area contributed by atoms with E-state index in [4.69, 9.17) is 22.1 Å². The lowest BCUT2D eigenvalue weighted by Crippen LogP contribution is -2.31. The van der Waals surface area contributed by atoms with Gasteiger partial charge >= 0.3 is 0 Å². The van der Waals surface area contributed by atoms with Gasteiger partial charge < -0.3 is 15.4 Å². The summed E-state index contributed by atoms with van der Waals surface area (Å²) in [6.45, 7) is 3.64. The number of ether oxygens (including phenoxy) is 1. The molecule has 0 aromatic heterocycles. The van der Waals surface area contributed by atoms with Gasteiger partial charge in [-0.1, -0.05) is 23.7 Å². The molecule has 2 rings (SSSR count). The SMILES string of the molecule is COCCN(c1c(Cl)cccc1CC(C)N)C1CC1. The minimum absolute atomic E-state index is 0.140. The second-order valence-corrected chi connectivity index (χ2v) is 5.75. The summed E-state index contributed by atoms with van der Waals surface area (Å²) >= 11 is 6.44. The molecule has 0 spiro atoms. The third kappa shape index (κ3) is 3.85. The zero-order chi connectivity index (χ0) is 13.8. The van der Waals surface area contributed by atoms with E-state index in [2.05, 4.69) is 11.0 Å². The summed E-state index contributed by atoms with van der Waals surface area (Å²) in [5, 5.41) is 0.821. The molecule has 19 heavy (non-hydrogen) atoms. The van der Waals surface area contributed by atoms with E-state index >= 15 is 0 Å². The van der Waals surface area contributed by atoms with Crippen molar-refractivity contribution in [2.24, 2.45) is 5.73 Å². The van der Waals surface area contributed by atoms with Crippen LogP contribution in [-0.4, -0.2) is 32.3 Å². The molecule has 0 amide bonds. The fourth-order valence-electron chi connectivity index (χ4n) is 2.45. The first kappa shape index (κ1) is 14.6. The monoisotopic (exact) mass is 282 g/mol. The van der Waals surface area contributed by atoms with Crippen LogP contribution >= 0.6 is 11.6 Å². The molecule has 0 saturated heterocycles. The molecule has 1 aliphatic rings. The summed E-state index contributed by atoms with van der Waals surface area (Å²) in [5.41, 5.74) is 8.34. The molecule has 0 bridgehead atoms. The van der Waals surface area contributed by atoms with Crippen molar-refractivity contribution >= 4 is 17.3 Å². The maximum atomic E-state index is 6.44. The highest BCUT2D eigenvalue weighted by Gasteiger charge is 2.31. The van der Waals surface area contributed by atoms with E-state index < -0.39 is 0 Å². The Morgan fingerprint density at radius 1 is 1.47 bits per heavy atom. The zero-order valence-corrected chi connectivity index (χ0v) is 12.5. The van der Waals surface area contributed by atoms with Gasteiger partial charge in [0, 0.05) is 25.7 Å². The van der Waals surface area contributed by atoms with Gasteiger partial charge in [-0.25, -0.2) is 0 Å². The number of nitrogens with two attached hydrogens (primary N) is 1. The molecule has 0 aliphatic heterocycles. The number of benzene rings is 1. The fourth-order valence-corrected chi connectivity index (χ4v) is 2.75. The Balaban J connectivity index is 2.28. The van der Waals surface area contributed by atoms with Crippen molar-refractivity contribution in [2.75, 3.05) is 25.2 Å². The molecule has 1 unspecified atom stereocenters. The van der Waals surface area contributed by atoms with Crippen molar-refractivity contribution < 1.29 is 4.74 Å². The second-order valence-electron chi connectivity index (χ2n) is 5.35. The summed E-state index contributed by atoms with van der Waals surface area (Å²) in [6.07, 6.45) is 3.34. The van der Waals surface area contributed by atoms with E-state index in [0.29, 0.717) is 6.04 Å². The number of halogens is 1. The second kappa shape index (κ2) is 6.60. The molecule has 1 aromatic rings. The quantitative estimate of drug-likeness (QED) is 0.836. The molecule has 1 saturated carbocycles. The molecule has 1 fully saturated rings. The van der Waals surface area contributed by atoms with Gasteiger partial charge in [-0.15, -0.1) is 0 Å². The average molecular weight is 283 g/mol. The van der Waals surface area contributed by atoms with Crippen LogP contribution in [-0.2, 0) is 11.2 Å². The summed E-state index contributed by atoms with van der Waals surface area (Å²) in [5.74, 6) is 0. The van der Waals surface area contributed by atoms with Crippen molar-refractivity contribution in [2.45, 2.75) is 38.3 Å². The summed E-state index contributed by atoms with van der Waals surface area (Å²) in [6, 6.07) is 6.85. The predicted molar refractivity (Wildman–Crippen MR) is 81.0 cm³/mol. The van der Waals surface area contributed by atoms with Crippen molar-refractivity contribution in [1.82, 2.24) is 0 Å². The number of rotatable bonds is 7. The van der Waals surface area contributed by atoms with Gasteiger partial charge in [0.1, 0.15) is 0 Å². The van der Waals surface area contributed by atoms with Gasteiger partial charge in [0.15, 0.2) is 0 Å². The number of nitrogens with zero attached hydrogens (tertiary/aromatic N) is 1. The van der Waals surface area contributed by atoms with E-state index in [9.17, 15) is 0 Å². The van der Waals surface area contributed by atoms with Gasteiger partial charge in [0.2, 0.25) is 0 Å². The Hall–Kier alpha value is -0.770. The van der Waals surface area contributed by atoms with E-state index in [1.807, 2.05) is 19.1 Å². The van der Waals surface area contributed by atoms with E-state index in [0.717, 1.165) is 30.3 Å². The highest BCUT2D eigenvalue weighted by atomic mass is 35.5. The van der Waals surface area contributed by atoms with Crippen LogP contribution in [0.5, 0.6) is 0 Å². The first-order chi connectivity index (χ1) is 9.13. The lowest BCUT2D eigenvalue weighted by molar-refractivity contribution is 0.205. The Morgan fingerprint density at radius 3 is 2.79 bits per heavy atom. The molecule has 1 atom stereocenters. The number of hydrogen-bond donors (Lipinski definition) is 1. The number of methoxy groups -OCH3 is 1. The third-order valence-electron chi connectivity index (χ3n) is 3.42. The molecular formula is C15H23ClN2O. The number of hydrogen-bond acceptors (Lipinski definition) is 3. The first-order valence-electron chi connectivity index (χ1n) is 6.92. The maximum Gasteiger partial charge on any atom is 0.0642 e. The molecule has 4 heteroatoms. The molecule has 1 aliphatic carbocycles. The summed E-state index contributed by atoms with van der Waals surface area (Å²) in [4.78, 5) is 2.39. The highest BCUT2D eigenvalue weighted by molar-refractivity contribution is 6.33. The van der Waals surface area contributed by atoms with Crippen molar-refractivity contribution in [3.63, 3.8) is 0 Å². The van der Waals surface area contributed by atoms with Crippen LogP contribution in [0, 0.1) is 0 Å². The molecule has 0 heterocycles. The third-order valence-corrected chi connectivity index (χ3v) is 3.73. The van der Waals surface area contributed by atoms with Crippen LogP contribution in [0.4, 0.5) is 5.69 Å². The topological polar surface area (TPSA) is 38.5 Å². The van der Waals surface area contributed by atoms with Crippen LogP contribution in [0.1, 0.15) is 25.3 Å². The van der Waals surface area contributed by atoms with Crippen molar-refractivity contribution in [3.05, 3.63) is 28.8 Å². The Kier molecular flexibility index (Phi) is 5.08. The minimum Gasteiger partial charge on any atom is -0.383 e. The highest BCUT2D eigenvalue weighted by Crippen LogP contribution is 2.38. The molecular weight excluding hydrogens is 260 g/mol. The minimum atomic E-state index is 0.140. The number of anilines is 1. The van der Waals surface area contributed by atoms with Crippen LogP contribution in [0.25, 0.3) is 0 Å². The Labute approximate surface area is 120 Å². The summed E-state index contributed by atoms with van der Waals surface area (Å²) < 4.78 is 5.22. The lowest BCUT2D eigenvalue weighted by atomic mass is 10.0. The van der Waals surface area contributed by atoms with Crippen LogP contribution in [0.15, 0.2) is 18.2 Å².